The van der Waals surface area contributed by atoms with Crippen LogP contribution in [0, 0.1) is 6.92 Å². The molecule has 0 saturated heterocycles. The molecule has 0 radical (unpaired) electrons. The van der Waals surface area contributed by atoms with Crippen molar-refractivity contribution in [1.29, 1.82) is 0 Å². The first-order valence-corrected chi connectivity index (χ1v) is 7.43. The molecule has 0 saturated carbocycles. The Morgan fingerprint density at radius 2 is 2.09 bits per heavy atom. The number of aromatic nitrogens is 1. The lowest BCUT2D eigenvalue weighted by molar-refractivity contribution is -0.134. The van der Waals surface area contributed by atoms with Gasteiger partial charge >= 0.3 is 17.4 Å². The zero-order valence-electron chi connectivity index (χ0n) is 12.0. The van der Waals surface area contributed by atoms with Crippen LogP contribution >= 0.6 is 11.3 Å². The maximum Gasteiger partial charge on any atom is 0.345 e. The Morgan fingerprint density at radius 1 is 1.30 bits per heavy atom. The molecular weight excluding hydrogens is 318 g/mol. The molecule has 0 fully saturated rings. The lowest BCUT2D eigenvalue weighted by atomic mass is 10.1. The summed E-state index contributed by atoms with van der Waals surface area (Å²) in [5, 5.41) is 4.78. The standard InChI is InChI=1S/C15H11N3O4S/c1-7-2-3-8-5-9(14(21)22-11(8)4-7)10-6-23-15(17-10)18-13(20)12(16)19/h2-6H,1H3,(H2,16,19)(H,17,18,20). The van der Waals surface area contributed by atoms with Crippen LogP contribution in [0.1, 0.15) is 5.56 Å². The van der Waals surface area contributed by atoms with E-state index in [1.807, 2.05) is 19.1 Å². The molecule has 2 aromatic heterocycles. The van der Waals surface area contributed by atoms with Crippen LogP contribution in [-0.2, 0) is 9.59 Å². The predicted octanol–water partition coefficient (Wildman–Crippen LogP) is 1.65. The number of thiazole rings is 1. The molecule has 2 amide bonds. The molecule has 0 spiro atoms. The second kappa shape index (κ2) is 5.65. The number of carbonyl (C=O) groups excluding carboxylic acids is 2. The maximum absolute atomic E-state index is 12.1. The van der Waals surface area contributed by atoms with Crippen molar-refractivity contribution in [2.75, 3.05) is 5.32 Å². The molecule has 0 bridgehead atoms. The lowest BCUT2D eigenvalue weighted by Crippen LogP contribution is -2.29. The van der Waals surface area contributed by atoms with Crippen LogP contribution in [0.2, 0.25) is 0 Å². The number of hydrogen-bond acceptors (Lipinski definition) is 6. The van der Waals surface area contributed by atoms with Gasteiger partial charge in [-0.1, -0.05) is 12.1 Å². The Balaban J connectivity index is 2.00. The molecular formula is C15H11N3O4S. The number of carbonyl (C=O) groups is 2. The monoisotopic (exact) mass is 329 g/mol. The lowest BCUT2D eigenvalue weighted by Gasteiger charge is -2.01. The Bertz CT molecular complexity index is 990. The number of primary amides is 1. The fraction of sp³-hybridized carbons (Fsp3) is 0.0667. The van der Waals surface area contributed by atoms with E-state index in [1.54, 1.807) is 17.5 Å². The minimum atomic E-state index is -1.11. The van der Waals surface area contributed by atoms with Crippen LogP contribution in [-0.4, -0.2) is 16.8 Å². The van der Waals surface area contributed by atoms with Gasteiger partial charge in [-0.05, 0) is 24.6 Å². The summed E-state index contributed by atoms with van der Waals surface area (Å²) in [7, 11) is 0. The Hall–Kier alpha value is -3.00. The quantitative estimate of drug-likeness (QED) is 0.548. The highest BCUT2D eigenvalue weighted by Gasteiger charge is 2.15. The van der Waals surface area contributed by atoms with Crippen LogP contribution in [0.4, 0.5) is 5.13 Å². The number of rotatable bonds is 2. The van der Waals surface area contributed by atoms with Gasteiger partial charge in [0.2, 0.25) is 0 Å². The molecule has 7 nitrogen and oxygen atoms in total. The molecule has 0 unspecified atom stereocenters. The summed E-state index contributed by atoms with van der Waals surface area (Å²) in [6.45, 7) is 1.90. The van der Waals surface area contributed by atoms with Crippen molar-refractivity contribution in [3.8, 4) is 11.3 Å². The number of benzene rings is 1. The van der Waals surface area contributed by atoms with Gasteiger partial charge in [-0.2, -0.15) is 0 Å². The van der Waals surface area contributed by atoms with Crippen molar-refractivity contribution >= 4 is 39.3 Å². The van der Waals surface area contributed by atoms with Crippen LogP contribution in [0.15, 0.2) is 38.9 Å². The molecule has 0 aliphatic heterocycles. The fourth-order valence-electron chi connectivity index (χ4n) is 2.01. The fourth-order valence-corrected chi connectivity index (χ4v) is 2.72. The van der Waals surface area contributed by atoms with Gasteiger partial charge in [0.15, 0.2) is 5.13 Å². The highest BCUT2D eigenvalue weighted by Crippen LogP contribution is 2.25. The normalized spacial score (nSPS) is 10.7. The largest absolute Gasteiger partial charge is 0.422 e. The molecule has 2 heterocycles. The van der Waals surface area contributed by atoms with Gasteiger partial charge in [0.05, 0.1) is 11.3 Å². The van der Waals surface area contributed by atoms with Gasteiger partial charge in [0.25, 0.3) is 0 Å². The van der Waals surface area contributed by atoms with E-state index in [2.05, 4.69) is 10.3 Å². The van der Waals surface area contributed by atoms with E-state index in [4.69, 9.17) is 10.2 Å². The topological polar surface area (TPSA) is 115 Å². The van der Waals surface area contributed by atoms with E-state index in [1.165, 1.54) is 0 Å². The number of fused-ring (bicyclic) bond motifs is 1. The summed E-state index contributed by atoms with van der Waals surface area (Å²) in [4.78, 5) is 38.2. The molecule has 23 heavy (non-hydrogen) atoms. The van der Waals surface area contributed by atoms with Crippen LogP contribution in [0.25, 0.3) is 22.2 Å². The van der Waals surface area contributed by atoms with Crippen LogP contribution in [0.3, 0.4) is 0 Å². The second-order valence-electron chi connectivity index (χ2n) is 4.85. The summed E-state index contributed by atoms with van der Waals surface area (Å²) in [6.07, 6.45) is 0. The van der Waals surface area contributed by atoms with Crippen molar-refractivity contribution in [2.24, 2.45) is 5.73 Å². The molecule has 3 rings (SSSR count). The second-order valence-corrected chi connectivity index (χ2v) is 5.70. The maximum atomic E-state index is 12.1. The SMILES string of the molecule is Cc1ccc2cc(-c3csc(NC(=O)C(N)=O)n3)c(=O)oc2c1. The first-order valence-electron chi connectivity index (χ1n) is 6.55. The smallest absolute Gasteiger partial charge is 0.345 e. The van der Waals surface area contributed by atoms with Gasteiger partial charge in [0, 0.05) is 10.8 Å². The average Bonchev–Trinajstić information content (AvgIpc) is 2.94. The minimum absolute atomic E-state index is 0.173. The summed E-state index contributed by atoms with van der Waals surface area (Å²) in [5.74, 6) is -2.07. The number of hydrogen-bond donors (Lipinski definition) is 2. The van der Waals surface area contributed by atoms with Gasteiger partial charge in [-0.3, -0.25) is 14.9 Å². The molecule has 1 aromatic carbocycles. The average molecular weight is 329 g/mol. The van der Waals surface area contributed by atoms with Gasteiger partial charge in [-0.15, -0.1) is 11.3 Å². The number of nitrogens with one attached hydrogen (secondary N) is 1. The molecule has 3 aromatic rings. The van der Waals surface area contributed by atoms with E-state index in [0.717, 1.165) is 22.3 Å². The Morgan fingerprint density at radius 3 is 2.83 bits per heavy atom. The molecule has 0 aliphatic carbocycles. The van der Waals surface area contributed by atoms with Crippen molar-refractivity contribution in [1.82, 2.24) is 4.98 Å². The third kappa shape index (κ3) is 2.97. The first kappa shape index (κ1) is 14.9. The number of amides is 2. The summed E-state index contributed by atoms with van der Waals surface area (Å²) < 4.78 is 5.30. The number of aryl methyl sites for hydroxylation is 1. The Kier molecular flexibility index (Phi) is 3.67. The zero-order chi connectivity index (χ0) is 16.6. The summed E-state index contributed by atoms with van der Waals surface area (Å²) >= 11 is 1.08. The summed E-state index contributed by atoms with van der Waals surface area (Å²) in [6, 6.07) is 7.21. The number of nitrogens with two attached hydrogens (primary N) is 1. The third-order valence-electron chi connectivity index (χ3n) is 3.12. The number of nitrogens with zero attached hydrogens (tertiary/aromatic N) is 1. The molecule has 8 heteroatoms. The molecule has 3 N–H and O–H groups in total. The minimum Gasteiger partial charge on any atom is -0.422 e. The van der Waals surface area contributed by atoms with E-state index >= 15 is 0 Å². The predicted molar refractivity (Wildman–Crippen MR) is 86.2 cm³/mol. The number of anilines is 1. The highest BCUT2D eigenvalue weighted by atomic mass is 32.1. The molecule has 0 atom stereocenters. The molecule has 0 aliphatic rings. The van der Waals surface area contributed by atoms with Gasteiger partial charge < -0.3 is 10.2 Å². The van der Waals surface area contributed by atoms with Crippen molar-refractivity contribution in [2.45, 2.75) is 6.92 Å². The van der Waals surface area contributed by atoms with E-state index in [0.29, 0.717) is 11.3 Å². The van der Waals surface area contributed by atoms with Crippen LogP contribution < -0.4 is 16.7 Å². The van der Waals surface area contributed by atoms with Crippen molar-refractivity contribution < 1.29 is 14.0 Å². The van der Waals surface area contributed by atoms with E-state index in [9.17, 15) is 14.4 Å². The first-order chi connectivity index (χ1) is 10.9. The van der Waals surface area contributed by atoms with Crippen molar-refractivity contribution in [3.05, 3.63) is 45.6 Å². The third-order valence-corrected chi connectivity index (χ3v) is 3.87. The van der Waals surface area contributed by atoms with Gasteiger partial charge in [0.1, 0.15) is 5.58 Å². The van der Waals surface area contributed by atoms with E-state index in [-0.39, 0.29) is 10.7 Å². The van der Waals surface area contributed by atoms with Crippen LogP contribution in [0.5, 0.6) is 0 Å². The molecule has 116 valence electrons. The van der Waals surface area contributed by atoms with E-state index < -0.39 is 17.4 Å². The van der Waals surface area contributed by atoms with Crippen molar-refractivity contribution in [3.63, 3.8) is 0 Å². The summed E-state index contributed by atoms with van der Waals surface area (Å²) in [5.41, 5.74) is 6.44. The highest BCUT2D eigenvalue weighted by molar-refractivity contribution is 7.14. The zero-order valence-corrected chi connectivity index (χ0v) is 12.8. The van der Waals surface area contributed by atoms with Gasteiger partial charge in [-0.25, -0.2) is 9.78 Å². The Labute approximate surface area is 133 Å².